The average molecular weight is 386 g/mol. The van der Waals surface area contributed by atoms with Crippen LogP contribution in [0.5, 0.6) is 0 Å². The molecule has 1 fully saturated rings. The number of nitrogens with one attached hydrogen (secondary N) is 1. The van der Waals surface area contributed by atoms with Gasteiger partial charge in [-0.05, 0) is 43.5 Å². The van der Waals surface area contributed by atoms with Gasteiger partial charge in [-0.1, -0.05) is 13.0 Å². The smallest absolute Gasteiger partial charge is 0.392 e. The maximum atomic E-state index is 12.7. The number of rotatable bonds is 8. The molecular formula is C19H25F3N2O3. The van der Waals surface area contributed by atoms with E-state index >= 15 is 0 Å². The van der Waals surface area contributed by atoms with Crippen molar-refractivity contribution in [2.45, 2.75) is 38.5 Å². The molecule has 1 saturated heterocycles. The van der Waals surface area contributed by atoms with Crippen molar-refractivity contribution in [3.05, 3.63) is 35.4 Å². The standard InChI is InChI=1S/C19H25F3N2O3/c1-2-16(25)12-24-7-6-13(11-24)8-17(26)10-23-18(27)14-4-3-5-15(9-14)19(20,21)22/h3-5,9,13,16,25H,2,6-8,10-12H2,1H3,(H,23,27)/t13-,16?/m0/s1. The number of β-amino-alcohol motifs (C(OH)–C–C–N with tert-alkyl or cyclic N) is 1. The van der Waals surface area contributed by atoms with Crippen molar-refractivity contribution in [1.82, 2.24) is 10.2 Å². The Morgan fingerprint density at radius 2 is 2.11 bits per heavy atom. The summed E-state index contributed by atoms with van der Waals surface area (Å²) in [6, 6.07) is 4.11. The molecule has 1 unspecified atom stereocenters. The first-order valence-corrected chi connectivity index (χ1v) is 9.06. The van der Waals surface area contributed by atoms with Crippen molar-refractivity contribution in [1.29, 1.82) is 0 Å². The van der Waals surface area contributed by atoms with Crippen molar-refractivity contribution < 1.29 is 27.9 Å². The van der Waals surface area contributed by atoms with Gasteiger partial charge in [0.1, 0.15) is 0 Å². The summed E-state index contributed by atoms with van der Waals surface area (Å²) in [6.45, 7) is 3.85. The number of likely N-dealkylation sites (tertiary alicyclic amines) is 1. The van der Waals surface area contributed by atoms with Gasteiger partial charge in [0.05, 0.1) is 18.2 Å². The quantitative estimate of drug-likeness (QED) is 0.720. The first-order chi connectivity index (χ1) is 12.7. The number of aliphatic hydroxyl groups excluding tert-OH is 1. The summed E-state index contributed by atoms with van der Waals surface area (Å²) < 4.78 is 38.1. The van der Waals surface area contributed by atoms with Crippen LogP contribution in [0.4, 0.5) is 13.2 Å². The third kappa shape index (κ3) is 6.62. The summed E-state index contributed by atoms with van der Waals surface area (Å²) in [7, 11) is 0. The molecule has 1 heterocycles. The highest BCUT2D eigenvalue weighted by atomic mass is 19.4. The van der Waals surface area contributed by atoms with Crippen LogP contribution in [0.1, 0.15) is 42.1 Å². The molecule has 1 aromatic rings. The van der Waals surface area contributed by atoms with Gasteiger partial charge in [0.15, 0.2) is 5.78 Å². The monoisotopic (exact) mass is 386 g/mol. The minimum absolute atomic E-state index is 0.127. The molecule has 0 aromatic heterocycles. The lowest BCUT2D eigenvalue weighted by molar-refractivity contribution is -0.137. The third-order valence-electron chi connectivity index (χ3n) is 4.72. The molecule has 27 heavy (non-hydrogen) atoms. The Labute approximate surface area is 156 Å². The van der Waals surface area contributed by atoms with E-state index in [1.165, 1.54) is 6.07 Å². The summed E-state index contributed by atoms with van der Waals surface area (Å²) in [5.74, 6) is -0.682. The maximum absolute atomic E-state index is 12.7. The number of alkyl halides is 3. The Morgan fingerprint density at radius 1 is 1.37 bits per heavy atom. The number of aliphatic hydroxyl groups is 1. The molecule has 1 amide bonds. The Hall–Kier alpha value is -1.93. The molecular weight excluding hydrogens is 361 g/mol. The van der Waals surface area contributed by atoms with Crippen molar-refractivity contribution in [2.75, 3.05) is 26.2 Å². The number of halogens is 3. The van der Waals surface area contributed by atoms with Crippen molar-refractivity contribution in [3.8, 4) is 0 Å². The Balaban J connectivity index is 1.78. The van der Waals surface area contributed by atoms with E-state index in [0.717, 1.165) is 37.7 Å². The second kappa shape index (κ2) is 9.32. The third-order valence-corrected chi connectivity index (χ3v) is 4.72. The fourth-order valence-electron chi connectivity index (χ4n) is 3.18. The number of carbonyl (C=O) groups is 2. The van der Waals surface area contributed by atoms with Gasteiger partial charge in [-0.2, -0.15) is 13.2 Å². The number of amides is 1. The van der Waals surface area contributed by atoms with E-state index in [9.17, 15) is 27.9 Å². The predicted octanol–water partition coefficient (Wildman–Crippen LogP) is 2.49. The summed E-state index contributed by atoms with van der Waals surface area (Å²) in [6.07, 6.45) is -3.05. The highest BCUT2D eigenvalue weighted by Gasteiger charge is 2.31. The maximum Gasteiger partial charge on any atom is 0.416 e. The van der Waals surface area contributed by atoms with Crippen LogP contribution in [0.15, 0.2) is 24.3 Å². The lowest BCUT2D eigenvalue weighted by Crippen LogP contribution is -2.32. The summed E-state index contributed by atoms with van der Waals surface area (Å²) in [4.78, 5) is 26.2. The lowest BCUT2D eigenvalue weighted by Gasteiger charge is -2.19. The number of nitrogens with zero attached hydrogens (tertiary/aromatic N) is 1. The molecule has 8 heteroatoms. The van der Waals surface area contributed by atoms with Crippen LogP contribution in [0.2, 0.25) is 0 Å². The van der Waals surface area contributed by atoms with Gasteiger partial charge in [-0.3, -0.25) is 9.59 Å². The summed E-state index contributed by atoms with van der Waals surface area (Å²) >= 11 is 0. The normalized spacial score (nSPS) is 19.1. The van der Waals surface area contributed by atoms with E-state index < -0.39 is 17.6 Å². The van der Waals surface area contributed by atoms with Gasteiger partial charge < -0.3 is 15.3 Å². The van der Waals surface area contributed by atoms with Gasteiger partial charge in [0, 0.05) is 25.1 Å². The van der Waals surface area contributed by atoms with Gasteiger partial charge in [-0.15, -0.1) is 0 Å². The van der Waals surface area contributed by atoms with Crippen LogP contribution < -0.4 is 5.32 Å². The van der Waals surface area contributed by atoms with Gasteiger partial charge in [-0.25, -0.2) is 0 Å². The van der Waals surface area contributed by atoms with Crippen molar-refractivity contribution in [3.63, 3.8) is 0 Å². The van der Waals surface area contributed by atoms with Crippen LogP contribution in [0, 0.1) is 5.92 Å². The minimum atomic E-state index is -4.52. The molecule has 1 aliphatic heterocycles. The number of Topliss-reactive ketones (excluding diaryl/α,β-unsaturated/α-hetero) is 1. The number of hydrogen-bond donors (Lipinski definition) is 2. The number of hydrogen-bond acceptors (Lipinski definition) is 4. The predicted molar refractivity (Wildman–Crippen MR) is 94.2 cm³/mol. The van der Waals surface area contributed by atoms with E-state index in [4.69, 9.17) is 0 Å². The minimum Gasteiger partial charge on any atom is -0.392 e. The summed E-state index contributed by atoms with van der Waals surface area (Å²) in [5.41, 5.74) is -1.03. The van der Waals surface area contributed by atoms with Gasteiger partial charge >= 0.3 is 6.18 Å². The Morgan fingerprint density at radius 3 is 2.78 bits per heavy atom. The highest BCUT2D eigenvalue weighted by Crippen LogP contribution is 2.29. The van der Waals surface area contributed by atoms with Crippen LogP contribution in [0.25, 0.3) is 0 Å². The molecule has 0 aliphatic carbocycles. The van der Waals surface area contributed by atoms with Crippen LogP contribution >= 0.6 is 0 Å². The number of ketones is 1. The molecule has 2 N–H and O–H groups in total. The number of carbonyl (C=O) groups excluding carboxylic acids is 2. The van der Waals surface area contributed by atoms with Gasteiger partial charge in [0.25, 0.3) is 5.91 Å². The SMILES string of the molecule is CCC(O)CN1CC[C@@H](CC(=O)CNC(=O)c2cccc(C(F)(F)F)c2)C1. The second-order valence-corrected chi connectivity index (χ2v) is 6.98. The van der Waals surface area contributed by atoms with E-state index in [0.29, 0.717) is 19.4 Å². The molecule has 0 saturated carbocycles. The summed E-state index contributed by atoms with van der Waals surface area (Å²) in [5, 5.41) is 12.1. The Kier molecular flexibility index (Phi) is 7.38. The molecule has 0 bridgehead atoms. The van der Waals surface area contributed by atoms with Crippen LogP contribution in [0.3, 0.4) is 0 Å². The van der Waals surface area contributed by atoms with E-state index in [2.05, 4.69) is 10.2 Å². The zero-order chi connectivity index (χ0) is 20.0. The van der Waals surface area contributed by atoms with Crippen LogP contribution in [-0.4, -0.2) is 54.0 Å². The first-order valence-electron chi connectivity index (χ1n) is 9.06. The fourth-order valence-corrected chi connectivity index (χ4v) is 3.18. The largest absolute Gasteiger partial charge is 0.416 e. The first kappa shape index (κ1) is 21.4. The zero-order valence-electron chi connectivity index (χ0n) is 15.3. The van der Waals surface area contributed by atoms with E-state index in [1.54, 1.807) is 0 Å². The fraction of sp³-hybridized carbons (Fsp3) is 0.579. The molecule has 2 atom stereocenters. The molecule has 5 nitrogen and oxygen atoms in total. The van der Waals surface area contributed by atoms with E-state index in [1.807, 2.05) is 6.92 Å². The molecule has 0 radical (unpaired) electrons. The topological polar surface area (TPSA) is 69.6 Å². The molecule has 1 aliphatic rings. The molecule has 2 rings (SSSR count). The lowest BCUT2D eigenvalue weighted by atomic mass is 10.0. The Bertz CT molecular complexity index is 664. The molecule has 1 aromatic carbocycles. The number of benzene rings is 1. The highest BCUT2D eigenvalue weighted by molar-refractivity contribution is 5.96. The molecule has 0 spiro atoms. The molecule has 150 valence electrons. The van der Waals surface area contributed by atoms with Crippen LogP contribution in [-0.2, 0) is 11.0 Å². The second-order valence-electron chi connectivity index (χ2n) is 6.98. The average Bonchev–Trinajstić information content (AvgIpc) is 3.05. The van der Waals surface area contributed by atoms with Crippen molar-refractivity contribution >= 4 is 11.7 Å². The van der Waals surface area contributed by atoms with Crippen molar-refractivity contribution in [2.24, 2.45) is 5.92 Å². The zero-order valence-corrected chi connectivity index (χ0v) is 15.3. The van der Waals surface area contributed by atoms with E-state index in [-0.39, 0.29) is 29.9 Å². The van der Waals surface area contributed by atoms with Gasteiger partial charge in [0.2, 0.25) is 0 Å².